The zero-order chi connectivity index (χ0) is 24.5. The standard InChI is InChI=1S/C27H29NO6/c1-17-5-8-21-22(30)16-27(34-26(21)18(17)2)11-13-28(14-12-27)25(31)10-7-20-6-9-23(33-19(3)29)24(15-20)32-4/h5-10,15H,11-14,16H2,1-4H3/b10-7+. The number of Topliss-reactive ketones (excluding diaryl/α,β-unsaturated/α-hetero) is 1. The van der Waals surface area contributed by atoms with Crippen LogP contribution in [0, 0.1) is 13.8 Å². The quantitative estimate of drug-likeness (QED) is 0.383. The summed E-state index contributed by atoms with van der Waals surface area (Å²) in [6.07, 6.45) is 4.78. The number of rotatable bonds is 4. The molecule has 2 aliphatic rings. The van der Waals surface area contributed by atoms with Gasteiger partial charge in [-0.25, -0.2) is 0 Å². The third-order valence-corrected chi connectivity index (χ3v) is 6.62. The summed E-state index contributed by atoms with van der Waals surface area (Å²) in [6, 6.07) is 8.90. The highest BCUT2D eigenvalue weighted by molar-refractivity contribution is 6.01. The van der Waals surface area contributed by atoms with Gasteiger partial charge in [-0.1, -0.05) is 12.1 Å². The van der Waals surface area contributed by atoms with Crippen LogP contribution in [0.5, 0.6) is 17.2 Å². The zero-order valence-corrected chi connectivity index (χ0v) is 20.0. The SMILES string of the molecule is COc1cc(/C=C/C(=O)N2CCC3(CC2)CC(=O)c2ccc(C)c(C)c2O3)ccc1OC(C)=O. The van der Waals surface area contributed by atoms with Crippen molar-refractivity contribution in [1.29, 1.82) is 0 Å². The number of benzene rings is 2. The Morgan fingerprint density at radius 2 is 1.82 bits per heavy atom. The fraction of sp³-hybridized carbons (Fsp3) is 0.370. The number of aryl methyl sites for hydroxylation is 1. The Kier molecular flexibility index (Phi) is 6.46. The maximum atomic E-state index is 12.8. The number of hydrogen-bond donors (Lipinski definition) is 0. The largest absolute Gasteiger partial charge is 0.493 e. The highest BCUT2D eigenvalue weighted by Gasteiger charge is 2.44. The number of piperidine rings is 1. The van der Waals surface area contributed by atoms with E-state index in [0.717, 1.165) is 16.7 Å². The summed E-state index contributed by atoms with van der Waals surface area (Å²) in [6.45, 7) is 6.36. The first-order chi connectivity index (χ1) is 16.2. The highest BCUT2D eigenvalue weighted by atomic mass is 16.6. The number of nitrogens with zero attached hydrogens (tertiary/aromatic N) is 1. The molecule has 0 aromatic heterocycles. The molecule has 2 heterocycles. The van der Waals surface area contributed by atoms with Crippen LogP contribution in [0.3, 0.4) is 0 Å². The molecule has 7 heteroatoms. The van der Waals surface area contributed by atoms with Crippen LogP contribution < -0.4 is 14.2 Å². The first kappa shape index (κ1) is 23.5. The van der Waals surface area contributed by atoms with Crippen molar-refractivity contribution in [3.63, 3.8) is 0 Å². The van der Waals surface area contributed by atoms with Crippen LogP contribution in [0.15, 0.2) is 36.4 Å². The van der Waals surface area contributed by atoms with Crippen molar-refractivity contribution >= 4 is 23.7 Å². The van der Waals surface area contributed by atoms with Crippen LogP contribution in [0.2, 0.25) is 0 Å². The van der Waals surface area contributed by atoms with E-state index in [1.807, 2.05) is 26.0 Å². The Bertz CT molecular complexity index is 1170. The molecule has 34 heavy (non-hydrogen) atoms. The number of ketones is 1. The van der Waals surface area contributed by atoms with E-state index in [2.05, 4.69) is 0 Å². The first-order valence-corrected chi connectivity index (χ1v) is 11.4. The van der Waals surface area contributed by atoms with E-state index in [-0.39, 0.29) is 11.7 Å². The van der Waals surface area contributed by atoms with Gasteiger partial charge in [0.25, 0.3) is 0 Å². The summed E-state index contributed by atoms with van der Waals surface area (Å²) in [5.74, 6) is 1.00. The van der Waals surface area contributed by atoms with E-state index in [9.17, 15) is 14.4 Å². The van der Waals surface area contributed by atoms with Crippen LogP contribution in [0.4, 0.5) is 0 Å². The number of fused-ring (bicyclic) bond motifs is 1. The lowest BCUT2D eigenvalue weighted by molar-refractivity contribution is -0.132. The van der Waals surface area contributed by atoms with Crippen LogP contribution in [0.25, 0.3) is 6.08 Å². The Hall–Kier alpha value is -3.61. The van der Waals surface area contributed by atoms with E-state index >= 15 is 0 Å². The number of carbonyl (C=O) groups is 3. The number of methoxy groups -OCH3 is 1. The van der Waals surface area contributed by atoms with Crippen molar-refractivity contribution in [1.82, 2.24) is 4.90 Å². The predicted molar refractivity (Wildman–Crippen MR) is 127 cm³/mol. The molecule has 1 fully saturated rings. The molecule has 0 radical (unpaired) electrons. The summed E-state index contributed by atoms with van der Waals surface area (Å²) < 4.78 is 16.8. The molecule has 0 atom stereocenters. The minimum atomic E-state index is -0.553. The number of ether oxygens (including phenoxy) is 3. The highest BCUT2D eigenvalue weighted by Crippen LogP contribution is 2.41. The van der Waals surface area contributed by atoms with Gasteiger partial charge in [0.1, 0.15) is 11.4 Å². The second kappa shape index (κ2) is 9.33. The Labute approximate surface area is 199 Å². The van der Waals surface area contributed by atoms with Gasteiger partial charge in [0.2, 0.25) is 5.91 Å². The normalized spacial score (nSPS) is 16.8. The van der Waals surface area contributed by atoms with Gasteiger partial charge in [-0.3, -0.25) is 14.4 Å². The van der Waals surface area contributed by atoms with Crippen LogP contribution in [-0.2, 0) is 9.59 Å². The molecule has 7 nitrogen and oxygen atoms in total. The van der Waals surface area contributed by atoms with Crippen molar-refractivity contribution in [2.75, 3.05) is 20.2 Å². The van der Waals surface area contributed by atoms with Gasteiger partial charge in [-0.2, -0.15) is 0 Å². The molecular weight excluding hydrogens is 434 g/mol. The third kappa shape index (κ3) is 4.69. The molecule has 4 rings (SSSR count). The fourth-order valence-electron chi connectivity index (χ4n) is 4.50. The maximum Gasteiger partial charge on any atom is 0.308 e. The monoisotopic (exact) mass is 463 g/mol. The van der Waals surface area contributed by atoms with Crippen molar-refractivity contribution in [2.45, 2.75) is 45.6 Å². The third-order valence-electron chi connectivity index (χ3n) is 6.62. The van der Waals surface area contributed by atoms with Gasteiger partial charge in [0.15, 0.2) is 17.3 Å². The van der Waals surface area contributed by atoms with Gasteiger partial charge in [-0.05, 0) is 54.8 Å². The summed E-state index contributed by atoms with van der Waals surface area (Å²) in [4.78, 5) is 38.6. The van der Waals surface area contributed by atoms with Crippen molar-refractivity contribution in [3.05, 3.63) is 58.7 Å². The van der Waals surface area contributed by atoms with Crippen molar-refractivity contribution in [2.24, 2.45) is 0 Å². The summed E-state index contributed by atoms with van der Waals surface area (Å²) >= 11 is 0. The number of esters is 1. The molecule has 1 spiro atoms. The lowest BCUT2D eigenvalue weighted by atomic mass is 9.81. The second-order valence-electron chi connectivity index (χ2n) is 8.93. The number of hydrogen-bond acceptors (Lipinski definition) is 6. The molecule has 2 aromatic rings. The van der Waals surface area contributed by atoms with E-state index < -0.39 is 11.6 Å². The molecule has 0 aliphatic carbocycles. The molecule has 0 saturated carbocycles. The molecule has 0 N–H and O–H groups in total. The summed E-state index contributed by atoms with van der Waals surface area (Å²) in [5.41, 5.74) is 2.95. The van der Waals surface area contributed by atoms with Gasteiger partial charge < -0.3 is 19.1 Å². The number of likely N-dealkylation sites (tertiary alicyclic amines) is 1. The van der Waals surface area contributed by atoms with Crippen LogP contribution in [0.1, 0.15) is 53.2 Å². The van der Waals surface area contributed by atoms with Crippen molar-refractivity contribution < 1.29 is 28.6 Å². The van der Waals surface area contributed by atoms with Crippen LogP contribution >= 0.6 is 0 Å². The van der Waals surface area contributed by atoms with E-state index in [0.29, 0.717) is 55.2 Å². The van der Waals surface area contributed by atoms with Gasteiger partial charge in [0.05, 0.1) is 19.1 Å². The second-order valence-corrected chi connectivity index (χ2v) is 8.93. The van der Waals surface area contributed by atoms with E-state index in [1.54, 1.807) is 29.2 Å². The lowest BCUT2D eigenvalue weighted by Gasteiger charge is -2.44. The number of amides is 1. The van der Waals surface area contributed by atoms with Crippen LogP contribution in [-0.4, -0.2) is 48.4 Å². The Balaban J connectivity index is 1.41. The Morgan fingerprint density at radius 1 is 1.09 bits per heavy atom. The predicted octanol–water partition coefficient (Wildman–Crippen LogP) is 4.28. The van der Waals surface area contributed by atoms with E-state index in [1.165, 1.54) is 20.1 Å². The number of carbonyl (C=O) groups excluding carboxylic acids is 3. The molecule has 1 saturated heterocycles. The topological polar surface area (TPSA) is 82.1 Å². The molecule has 178 valence electrons. The fourth-order valence-corrected chi connectivity index (χ4v) is 4.50. The molecular formula is C27H29NO6. The summed E-state index contributed by atoms with van der Waals surface area (Å²) in [5, 5.41) is 0. The minimum absolute atomic E-state index is 0.104. The van der Waals surface area contributed by atoms with E-state index in [4.69, 9.17) is 14.2 Å². The molecule has 0 unspecified atom stereocenters. The van der Waals surface area contributed by atoms with Gasteiger partial charge >= 0.3 is 5.97 Å². The van der Waals surface area contributed by atoms with Gasteiger partial charge in [0, 0.05) is 38.9 Å². The van der Waals surface area contributed by atoms with Gasteiger partial charge in [-0.15, -0.1) is 0 Å². The Morgan fingerprint density at radius 3 is 2.50 bits per heavy atom. The maximum absolute atomic E-state index is 12.8. The molecule has 1 amide bonds. The first-order valence-electron chi connectivity index (χ1n) is 11.4. The smallest absolute Gasteiger partial charge is 0.308 e. The molecule has 0 bridgehead atoms. The average Bonchev–Trinajstić information content (AvgIpc) is 2.81. The zero-order valence-electron chi connectivity index (χ0n) is 20.0. The lowest BCUT2D eigenvalue weighted by Crippen LogP contribution is -2.52. The molecule has 2 aliphatic heterocycles. The average molecular weight is 464 g/mol. The van der Waals surface area contributed by atoms with Crippen molar-refractivity contribution in [3.8, 4) is 17.2 Å². The minimum Gasteiger partial charge on any atom is -0.493 e. The molecule has 2 aromatic carbocycles. The summed E-state index contributed by atoms with van der Waals surface area (Å²) in [7, 11) is 1.49.